The minimum absolute atomic E-state index is 0.0499. The Balaban J connectivity index is 2.08. The molecule has 0 aromatic heterocycles. The fraction of sp³-hybridized carbons (Fsp3) is 0.471. The number of amides is 4. The molecule has 1 aromatic carbocycles. The van der Waals surface area contributed by atoms with Gasteiger partial charge in [0.15, 0.2) is 12.3 Å². The van der Waals surface area contributed by atoms with Crippen LogP contribution in [-0.4, -0.2) is 74.4 Å². The first-order chi connectivity index (χ1) is 15.0. The maximum absolute atomic E-state index is 12.7. The van der Waals surface area contributed by atoms with E-state index in [0.29, 0.717) is 12.2 Å². The van der Waals surface area contributed by atoms with Crippen LogP contribution in [0.15, 0.2) is 12.1 Å². The largest absolute Gasteiger partial charge is 0.465 e. The molecule has 2 bridgehead atoms. The monoisotopic (exact) mass is 474 g/mol. The van der Waals surface area contributed by atoms with Gasteiger partial charge in [-0.1, -0.05) is 0 Å². The Hall–Kier alpha value is -2.98. The highest BCUT2D eigenvalue weighted by Crippen LogP contribution is 2.46. The molecule has 1 aromatic rings. The van der Waals surface area contributed by atoms with Crippen molar-refractivity contribution >= 4 is 33.9 Å². The quantitative estimate of drug-likeness (QED) is 0.222. The molecule has 0 saturated carbocycles. The van der Waals surface area contributed by atoms with Gasteiger partial charge in [0, 0.05) is 26.1 Å². The molecule has 15 heteroatoms. The fourth-order valence-electron chi connectivity index (χ4n) is 3.58. The number of anilines is 1. The number of rotatable bonds is 10. The van der Waals surface area contributed by atoms with Gasteiger partial charge in [-0.3, -0.25) is 14.1 Å². The number of nitrogens with zero attached hydrogens (tertiary/aromatic N) is 2. The summed E-state index contributed by atoms with van der Waals surface area (Å²) in [5.41, 5.74) is 4.21. The van der Waals surface area contributed by atoms with Crippen LogP contribution < -0.4 is 15.8 Å². The Bertz CT molecular complexity index is 1050. The van der Waals surface area contributed by atoms with E-state index < -0.39 is 33.8 Å². The third-order valence-electron chi connectivity index (χ3n) is 4.84. The second-order valence-electron chi connectivity index (χ2n) is 7.01. The second kappa shape index (κ2) is 8.87. The number of carbonyl (C=O) groups is 3. The number of methoxy groups -OCH3 is 1. The van der Waals surface area contributed by atoms with E-state index in [1.165, 1.54) is 26.2 Å². The van der Waals surface area contributed by atoms with Gasteiger partial charge in [-0.2, -0.15) is 13.5 Å². The van der Waals surface area contributed by atoms with Crippen LogP contribution >= 0.6 is 0 Å². The number of carbonyl (C=O) groups excluding carboxylic acids is 3. The van der Waals surface area contributed by atoms with E-state index in [9.17, 15) is 22.8 Å². The molecule has 3 rings (SSSR count). The molecule has 2 heterocycles. The molecule has 14 nitrogen and oxygen atoms in total. The predicted molar refractivity (Wildman–Crippen MR) is 105 cm³/mol. The van der Waals surface area contributed by atoms with Crippen molar-refractivity contribution in [3.63, 3.8) is 0 Å². The van der Waals surface area contributed by atoms with E-state index in [2.05, 4.69) is 9.60 Å². The molecule has 176 valence electrons. The summed E-state index contributed by atoms with van der Waals surface area (Å²) in [5, 5.41) is 2.81. The predicted octanol–water partition coefficient (Wildman–Crippen LogP) is -0.689. The van der Waals surface area contributed by atoms with Crippen molar-refractivity contribution in [2.24, 2.45) is 5.73 Å². The molecule has 1 atom stereocenters. The molecular formula is C17H22N4O10S. The first kappa shape index (κ1) is 23.7. The van der Waals surface area contributed by atoms with Gasteiger partial charge in [-0.15, -0.1) is 4.28 Å². The molecule has 0 aliphatic carbocycles. The van der Waals surface area contributed by atoms with Gasteiger partial charge in [0.1, 0.15) is 5.75 Å². The van der Waals surface area contributed by atoms with E-state index in [4.69, 9.17) is 24.5 Å². The van der Waals surface area contributed by atoms with Crippen LogP contribution in [0.5, 0.6) is 5.75 Å². The number of fused-ring (bicyclic) bond motifs is 4. The molecular weight excluding hydrogens is 452 g/mol. The van der Waals surface area contributed by atoms with Gasteiger partial charge in [0.05, 0.1) is 25.4 Å². The molecule has 4 amide bonds. The Kier molecular flexibility index (Phi) is 6.56. The summed E-state index contributed by atoms with van der Waals surface area (Å²) in [5.74, 6) is -1.45. The summed E-state index contributed by atoms with van der Waals surface area (Å²) >= 11 is 0. The highest BCUT2D eigenvalue weighted by atomic mass is 32.3. The van der Waals surface area contributed by atoms with Crippen molar-refractivity contribution in [1.29, 1.82) is 0 Å². The van der Waals surface area contributed by atoms with Crippen molar-refractivity contribution in [3.05, 3.63) is 23.3 Å². The lowest BCUT2D eigenvalue weighted by Crippen LogP contribution is -2.55. The van der Waals surface area contributed by atoms with E-state index >= 15 is 0 Å². The van der Waals surface area contributed by atoms with Crippen LogP contribution in [0, 0.1) is 0 Å². The van der Waals surface area contributed by atoms with Gasteiger partial charge in [0.2, 0.25) is 5.91 Å². The smallest absolute Gasteiger partial charge is 0.418 e. The number of hydrogen-bond donors (Lipinski definition) is 3. The van der Waals surface area contributed by atoms with Crippen molar-refractivity contribution in [2.75, 3.05) is 39.0 Å². The van der Waals surface area contributed by atoms with Crippen LogP contribution in [0.4, 0.5) is 10.5 Å². The molecule has 32 heavy (non-hydrogen) atoms. The number of benzene rings is 1. The van der Waals surface area contributed by atoms with Gasteiger partial charge in [-0.05, 0) is 17.7 Å². The highest BCUT2D eigenvalue weighted by molar-refractivity contribution is 7.80. The van der Waals surface area contributed by atoms with Gasteiger partial charge in [-0.25, -0.2) is 4.79 Å². The van der Waals surface area contributed by atoms with Crippen molar-refractivity contribution in [2.45, 2.75) is 19.0 Å². The minimum atomic E-state index is -5.16. The zero-order chi connectivity index (χ0) is 23.7. The van der Waals surface area contributed by atoms with Crippen LogP contribution in [0.25, 0.3) is 0 Å². The third-order valence-corrected chi connectivity index (χ3v) is 5.18. The van der Waals surface area contributed by atoms with Crippen molar-refractivity contribution < 1.29 is 45.8 Å². The Morgan fingerprint density at radius 2 is 2.03 bits per heavy atom. The van der Waals surface area contributed by atoms with Crippen LogP contribution in [-0.2, 0) is 45.8 Å². The molecule has 2 aliphatic rings. The zero-order valence-electron chi connectivity index (χ0n) is 17.2. The molecule has 1 saturated heterocycles. The fourth-order valence-corrected chi connectivity index (χ4v) is 3.96. The number of hydroxylamine groups is 2. The molecule has 1 fully saturated rings. The number of primary amides is 1. The molecule has 4 N–H and O–H groups in total. The molecule has 0 spiro atoms. The number of nitrogens with two attached hydrogens (primary N) is 1. The first-order valence-corrected chi connectivity index (χ1v) is 10.6. The van der Waals surface area contributed by atoms with Gasteiger partial charge >= 0.3 is 16.4 Å². The summed E-state index contributed by atoms with van der Waals surface area (Å²) < 4.78 is 51.9. The maximum Gasteiger partial charge on any atom is 0.418 e. The van der Waals surface area contributed by atoms with Gasteiger partial charge < -0.3 is 30.2 Å². The average Bonchev–Trinajstić information content (AvgIpc) is 2.90. The first-order valence-electron chi connectivity index (χ1n) is 9.20. The van der Waals surface area contributed by atoms with Crippen molar-refractivity contribution in [1.82, 2.24) is 9.96 Å². The van der Waals surface area contributed by atoms with Crippen LogP contribution in [0.1, 0.15) is 18.1 Å². The highest BCUT2D eigenvalue weighted by Gasteiger charge is 2.61. The number of nitrogens with one attached hydrogen (secondary N) is 1. The Labute approximate surface area is 183 Å². The molecule has 2 aliphatic heterocycles. The minimum Gasteiger partial charge on any atom is -0.465 e. The normalized spacial score (nSPS) is 19.7. The summed E-state index contributed by atoms with van der Waals surface area (Å²) in [6, 6.07) is 1.81. The lowest BCUT2D eigenvalue weighted by Gasteiger charge is -2.35. The average molecular weight is 474 g/mol. The number of urea groups is 1. The van der Waals surface area contributed by atoms with E-state index in [1.54, 1.807) is 0 Å². The number of ether oxygens (including phenoxy) is 3. The molecule has 0 radical (unpaired) electrons. The number of hydrogen-bond acceptors (Lipinski definition) is 9. The summed E-state index contributed by atoms with van der Waals surface area (Å²) in [7, 11) is -3.66. The standard InChI is InChI=1S/C17H22N4O10S/c1-10(22)19-13-5-11-7-20-8-17(15(18)23,21(16(20)24)31-32(25,26)27)12(11)6-14(13)30-9-29-4-3-28-2/h5-6H,3-4,7-9H2,1-2H3,(H2,18,23)(H,19,22)(H,25,26,27). The topological polar surface area (TPSA) is 187 Å². The summed E-state index contributed by atoms with van der Waals surface area (Å²) in [6.07, 6.45) is 0. The molecule has 1 unspecified atom stereocenters. The third kappa shape index (κ3) is 4.46. The summed E-state index contributed by atoms with van der Waals surface area (Å²) in [4.78, 5) is 38.0. The van der Waals surface area contributed by atoms with Crippen molar-refractivity contribution in [3.8, 4) is 5.75 Å². The van der Waals surface area contributed by atoms with Crippen LogP contribution in [0.3, 0.4) is 0 Å². The Morgan fingerprint density at radius 1 is 1.31 bits per heavy atom. The van der Waals surface area contributed by atoms with Gasteiger partial charge in [0.25, 0.3) is 5.91 Å². The van der Waals surface area contributed by atoms with E-state index in [-0.39, 0.29) is 48.6 Å². The zero-order valence-corrected chi connectivity index (χ0v) is 18.0. The maximum atomic E-state index is 12.7. The van der Waals surface area contributed by atoms with E-state index in [0.717, 1.165) is 4.90 Å². The lowest BCUT2D eigenvalue weighted by molar-refractivity contribution is -0.144. The second-order valence-corrected chi connectivity index (χ2v) is 8.01. The summed E-state index contributed by atoms with van der Waals surface area (Å²) in [6.45, 7) is 1.20. The SMILES string of the molecule is COCCOCOc1cc2c(cc1NC(C)=O)CN1CC2(C(N)=O)N(OS(=O)(=O)O)C1=O. The van der Waals surface area contributed by atoms with E-state index in [1.807, 2.05) is 0 Å². The lowest BCUT2D eigenvalue weighted by atomic mass is 9.83. The Morgan fingerprint density at radius 3 is 2.62 bits per heavy atom. The van der Waals surface area contributed by atoms with Crippen LogP contribution in [0.2, 0.25) is 0 Å².